The predicted octanol–water partition coefficient (Wildman–Crippen LogP) is 2.74. The molecular weight excluding hydrogens is 250 g/mol. The Labute approximate surface area is 109 Å². The van der Waals surface area contributed by atoms with Gasteiger partial charge in [-0.05, 0) is 36.5 Å². The van der Waals surface area contributed by atoms with Crippen LogP contribution in [0, 0.1) is 5.92 Å². The lowest BCUT2D eigenvalue weighted by molar-refractivity contribution is 0.477. The molecule has 1 aromatic carbocycles. The molecule has 0 fully saturated rings. The fraction of sp³-hybridized carbons (Fsp3) is 0.538. The number of anilines is 1. The topological polar surface area (TPSA) is 66.4 Å². The van der Waals surface area contributed by atoms with Crippen molar-refractivity contribution in [2.24, 2.45) is 5.92 Å². The number of rotatable bonds is 6. The maximum Gasteiger partial charge on any atom is 0.232 e. The molecule has 1 aromatic rings. The van der Waals surface area contributed by atoms with E-state index < -0.39 is 10.0 Å². The lowest BCUT2D eigenvalue weighted by Crippen LogP contribution is -2.18. The van der Waals surface area contributed by atoms with Crippen LogP contribution in [0.4, 0.5) is 5.69 Å². The molecule has 2 N–H and O–H groups in total. The van der Waals surface area contributed by atoms with E-state index in [-0.39, 0.29) is 17.2 Å². The molecule has 0 atom stereocenters. The molecular formula is C13H21NO3S. The van der Waals surface area contributed by atoms with Crippen LogP contribution in [0.15, 0.2) is 18.2 Å². The quantitative estimate of drug-likeness (QED) is 0.782. The highest BCUT2D eigenvalue weighted by molar-refractivity contribution is 7.92. The molecule has 102 valence electrons. The molecule has 0 bridgehead atoms. The Hall–Kier alpha value is -1.23. The molecule has 0 radical (unpaired) electrons. The number of sulfonamides is 1. The summed E-state index contributed by atoms with van der Waals surface area (Å²) in [6, 6.07) is 4.96. The minimum Gasteiger partial charge on any atom is -0.506 e. The van der Waals surface area contributed by atoms with Gasteiger partial charge in [0.15, 0.2) is 0 Å². The summed E-state index contributed by atoms with van der Waals surface area (Å²) in [6.07, 6.45) is 1.39. The van der Waals surface area contributed by atoms with E-state index in [2.05, 4.69) is 4.72 Å². The predicted molar refractivity (Wildman–Crippen MR) is 74.3 cm³/mol. The fourth-order valence-electron chi connectivity index (χ4n) is 1.49. The first-order chi connectivity index (χ1) is 8.34. The molecule has 4 nitrogen and oxygen atoms in total. The van der Waals surface area contributed by atoms with Gasteiger partial charge in [0.25, 0.3) is 0 Å². The van der Waals surface area contributed by atoms with Crippen LogP contribution in [0.2, 0.25) is 0 Å². The molecule has 0 saturated carbocycles. The van der Waals surface area contributed by atoms with E-state index in [4.69, 9.17) is 0 Å². The molecule has 5 heteroatoms. The van der Waals surface area contributed by atoms with Crippen LogP contribution in [-0.4, -0.2) is 19.3 Å². The van der Waals surface area contributed by atoms with Crippen molar-refractivity contribution >= 4 is 15.7 Å². The third kappa shape index (κ3) is 4.56. The average molecular weight is 271 g/mol. The van der Waals surface area contributed by atoms with Gasteiger partial charge in [-0.2, -0.15) is 0 Å². The van der Waals surface area contributed by atoms with Gasteiger partial charge in [-0.3, -0.25) is 4.72 Å². The highest BCUT2D eigenvalue weighted by Gasteiger charge is 2.13. The second-order valence-corrected chi connectivity index (χ2v) is 6.65. The van der Waals surface area contributed by atoms with E-state index in [1.165, 1.54) is 6.07 Å². The van der Waals surface area contributed by atoms with Crippen molar-refractivity contribution in [3.05, 3.63) is 23.8 Å². The van der Waals surface area contributed by atoms with Crippen LogP contribution in [-0.2, 0) is 16.4 Å². The average Bonchev–Trinajstić information content (AvgIpc) is 2.29. The summed E-state index contributed by atoms with van der Waals surface area (Å²) in [7, 11) is -3.39. The summed E-state index contributed by atoms with van der Waals surface area (Å²) in [5, 5.41) is 9.64. The van der Waals surface area contributed by atoms with E-state index >= 15 is 0 Å². The Bertz CT molecular complexity index is 495. The van der Waals surface area contributed by atoms with Crippen molar-refractivity contribution in [1.82, 2.24) is 0 Å². The van der Waals surface area contributed by atoms with Crippen molar-refractivity contribution in [3.63, 3.8) is 0 Å². The lowest BCUT2D eigenvalue weighted by Gasteiger charge is -2.11. The van der Waals surface area contributed by atoms with Gasteiger partial charge in [-0.25, -0.2) is 8.42 Å². The smallest absolute Gasteiger partial charge is 0.232 e. The highest BCUT2D eigenvalue weighted by atomic mass is 32.2. The van der Waals surface area contributed by atoms with Crippen LogP contribution in [0.1, 0.15) is 32.8 Å². The first-order valence-corrected chi connectivity index (χ1v) is 7.81. The zero-order valence-electron chi connectivity index (χ0n) is 11.1. The molecule has 0 aliphatic carbocycles. The standard InChI is InChI=1S/C13H21NO3S/c1-4-11-5-6-13(15)12(9-11)14-18(16,17)8-7-10(2)3/h5-6,9-10,14-15H,4,7-8H2,1-3H3. The summed E-state index contributed by atoms with van der Waals surface area (Å²) in [5.41, 5.74) is 1.24. The Morgan fingerprint density at radius 2 is 2.00 bits per heavy atom. The van der Waals surface area contributed by atoms with E-state index in [1.54, 1.807) is 12.1 Å². The number of hydrogen-bond donors (Lipinski definition) is 2. The van der Waals surface area contributed by atoms with E-state index in [0.717, 1.165) is 12.0 Å². The van der Waals surface area contributed by atoms with Crippen molar-refractivity contribution in [1.29, 1.82) is 0 Å². The van der Waals surface area contributed by atoms with Crippen LogP contribution in [0.3, 0.4) is 0 Å². The summed E-state index contributed by atoms with van der Waals surface area (Å²) in [5.74, 6) is 0.359. The zero-order valence-corrected chi connectivity index (χ0v) is 11.9. The lowest BCUT2D eigenvalue weighted by atomic mass is 10.1. The van der Waals surface area contributed by atoms with Crippen LogP contribution in [0.25, 0.3) is 0 Å². The molecule has 0 aromatic heterocycles. The zero-order chi connectivity index (χ0) is 13.8. The minimum atomic E-state index is -3.39. The Morgan fingerprint density at radius 3 is 2.56 bits per heavy atom. The third-order valence-electron chi connectivity index (χ3n) is 2.70. The summed E-state index contributed by atoms with van der Waals surface area (Å²) in [6.45, 7) is 5.93. The maximum atomic E-state index is 11.8. The van der Waals surface area contributed by atoms with Crippen LogP contribution in [0.5, 0.6) is 5.75 Å². The van der Waals surface area contributed by atoms with Crippen LogP contribution < -0.4 is 4.72 Å². The van der Waals surface area contributed by atoms with Gasteiger partial charge in [0, 0.05) is 0 Å². The van der Waals surface area contributed by atoms with Crippen LogP contribution >= 0.6 is 0 Å². The van der Waals surface area contributed by atoms with Gasteiger partial charge in [-0.1, -0.05) is 26.8 Å². The van der Waals surface area contributed by atoms with Gasteiger partial charge in [-0.15, -0.1) is 0 Å². The molecule has 0 aliphatic heterocycles. The minimum absolute atomic E-state index is 0.0414. The van der Waals surface area contributed by atoms with Crippen molar-refractivity contribution in [2.75, 3.05) is 10.5 Å². The number of phenols is 1. The number of aromatic hydroxyl groups is 1. The fourth-order valence-corrected chi connectivity index (χ4v) is 2.88. The maximum absolute atomic E-state index is 11.8. The second-order valence-electron chi connectivity index (χ2n) is 4.81. The molecule has 1 rings (SSSR count). The summed E-state index contributed by atoms with van der Waals surface area (Å²) < 4.78 is 26.1. The summed E-state index contributed by atoms with van der Waals surface area (Å²) in [4.78, 5) is 0. The Balaban J connectivity index is 2.83. The number of aryl methyl sites for hydroxylation is 1. The third-order valence-corrected chi connectivity index (χ3v) is 4.00. The van der Waals surface area contributed by atoms with Gasteiger partial charge in [0.1, 0.15) is 5.75 Å². The highest BCUT2D eigenvalue weighted by Crippen LogP contribution is 2.25. The number of benzene rings is 1. The molecule has 0 amide bonds. The van der Waals surface area contributed by atoms with E-state index in [9.17, 15) is 13.5 Å². The molecule has 0 unspecified atom stereocenters. The van der Waals surface area contributed by atoms with Gasteiger partial charge >= 0.3 is 0 Å². The molecule has 18 heavy (non-hydrogen) atoms. The molecule has 0 aliphatic rings. The number of hydrogen-bond acceptors (Lipinski definition) is 3. The van der Waals surface area contributed by atoms with E-state index in [0.29, 0.717) is 12.3 Å². The summed E-state index contributed by atoms with van der Waals surface area (Å²) >= 11 is 0. The molecule has 0 heterocycles. The van der Waals surface area contributed by atoms with Crippen molar-refractivity contribution < 1.29 is 13.5 Å². The monoisotopic (exact) mass is 271 g/mol. The number of nitrogens with one attached hydrogen (secondary N) is 1. The largest absolute Gasteiger partial charge is 0.506 e. The first kappa shape index (κ1) is 14.8. The van der Waals surface area contributed by atoms with Crippen molar-refractivity contribution in [3.8, 4) is 5.75 Å². The molecule has 0 spiro atoms. The van der Waals surface area contributed by atoms with Crippen molar-refractivity contribution in [2.45, 2.75) is 33.6 Å². The first-order valence-electron chi connectivity index (χ1n) is 6.16. The Kier molecular flexibility index (Phi) is 5.02. The second kappa shape index (κ2) is 6.09. The normalized spacial score (nSPS) is 11.8. The van der Waals surface area contributed by atoms with Gasteiger partial charge in [0.05, 0.1) is 11.4 Å². The number of phenolic OH excluding ortho intramolecular Hbond substituents is 1. The van der Waals surface area contributed by atoms with Gasteiger partial charge in [0.2, 0.25) is 10.0 Å². The SMILES string of the molecule is CCc1ccc(O)c(NS(=O)(=O)CCC(C)C)c1. The van der Waals surface area contributed by atoms with Gasteiger partial charge < -0.3 is 5.11 Å². The molecule has 0 saturated heterocycles. The van der Waals surface area contributed by atoms with E-state index in [1.807, 2.05) is 20.8 Å². The Morgan fingerprint density at radius 1 is 1.33 bits per heavy atom.